The van der Waals surface area contributed by atoms with Gasteiger partial charge >= 0.3 is 0 Å². The molecular formula is C24H27N5O5S. The molecule has 0 aliphatic carbocycles. The van der Waals surface area contributed by atoms with Gasteiger partial charge in [-0.2, -0.15) is 0 Å². The van der Waals surface area contributed by atoms with Crippen molar-refractivity contribution in [1.82, 2.24) is 9.88 Å². The molecule has 0 bridgehead atoms. The molecule has 2 aliphatic heterocycles. The topological polar surface area (TPSA) is 154 Å². The molecule has 10 nitrogen and oxygen atoms in total. The maximum absolute atomic E-state index is 13.5. The van der Waals surface area contributed by atoms with Crippen LogP contribution in [0.25, 0.3) is 10.9 Å². The zero-order chi connectivity index (χ0) is 24.7. The largest absolute Gasteiger partial charge is 0.508 e. The number of nitrogens with zero attached hydrogens (tertiary/aromatic N) is 3. The number of likely N-dealkylation sites (tertiary alicyclic amines) is 1. The number of carbonyl (C=O) groups excluding carboxylic acids is 1. The van der Waals surface area contributed by atoms with Gasteiger partial charge in [-0.3, -0.25) is 23.6 Å². The van der Waals surface area contributed by atoms with Crippen LogP contribution in [0.4, 0.5) is 5.69 Å². The van der Waals surface area contributed by atoms with Crippen molar-refractivity contribution in [1.29, 1.82) is 0 Å². The third-order valence-electron chi connectivity index (χ3n) is 6.19. The van der Waals surface area contributed by atoms with E-state index in [0.29, 0.717) is 53.2 Å². The fourth-order valence-corrected chi connectivity index (χ4v) is 5.52. The summed E-state index contributed by atoms with van der Waals surface area (Å²) in [5.41, 5.74) is 8.84. The highest BCUT2D eigenvalue weighted by molar-refractivity contribution is 8.24. The van der Waals surface area contributed by atoms with Crippen LogP contribution in [0, 0.1) is 12.8 Å². The molecule has 35 heavy (non-hydrogen) atoms. The molecule has 6 N–H and O–H groups in total. The Hall–Kier alpha value is -3.54. The predicted molar refractivity (Wildman–Crippen MR) is 136 cm³/mol. The number of hydrogen-bond donors (Lipinski definition) is 5. The van der Waals surface area contributed by atoms with Crippen LogP contribution in [0.3, 0.4) is 0 Å². The van der Waals surface area contributed by atoms with E-state index in [1.165, 1.54) is 0 Å². The summed E-state index contributed by atoms with van der Waals surface area (Å²) < 4.78 is 32.1. The number of piperidine rings is 1. The third-order valence-corrected chi connectivity index (χ3v) is 7.13. The van der Waals surface area contributed by atoms with Crippen LogP contribution in [0.1, 0.15) is 34.5 Å². The number of rotatable bonds is 4. The van der Waals surface area contributed by atoms with Gasteiger partial charge in [0.1, 0.15) is 11.5 Å². The van der Waals surface area contributed by atoms with Crippen LogP contribution in [0.2, 0.25) is 0 Å². The summed E-state index contributed by atoms with van der Waals surface area (Å²) in [4.78, 5) is 19.8. The summed E-state index contributed by atoms with van der Waals surface area (Å²) >= 11 is 0. The zero-order valence-corrected chi connectivity index (χ0v) is 20.0. The first-order chi connectivity index (χ1) is 16.7. The Morgan fingerprint density at radius 2 is 2.11 bits per heavy atom. The van der Waals surface area contributed by atoms with E-state index in [0.717, 1.165) is 18.5 Å². The lowest BCUT2D eigenvalue weighted by Gasteiger charge is -2.35. The normalized spacial score (nSPS) is 19.9. The quantitative estimate of drug-likeness (QED) is 0.364. The summed E-state index contributed by atoms with van der Waals surface area (Å²) in [5, 5.41) is 10.6. The van der Waals surface area contributed by atoms with Gasteiger partial charge in [0.2, 0.25) is 0 Å². The van der Waals surface area contributed by atoms with Crippen LogP contribution in [0.15, 0.2) is 46.9 Å². The molecule has 3 heterocycles. The highest BCUT2D eigenvalue weighted by Crippen LogP contribution is 2.46. The van der Waals surface area contributed by atoms with Gasteiger partial charge in [-0.05, 0) is 67.1 Å². The molecule has 0 saturated carbocycles. The molecule has 184 valence electrons. The Bertz CT molecular complexity index is 1350. The van der Waals surface area contributed by atoms with Crippen LogP contribution in [-0.2, 0) is 0 Å². The van der Waals surface area contributed by atoms with E-state index in [1.54, 1.807) is 42.5 Å². The van der Waals surface area contributed by atoms with Crippen molar-refractivity contribution in [2.75, 3.05) is 24.4 Å². The standard InChI is InChI=1S/C24H27N5O5S/c1-14-10-18(17-11-16(30)7-8-19(17)26-14)24(31)29-9-3-4-15(12-29)13-34-21-6-2-5-20-22(21)23(25)28-35(32,33)27-20/h2,5-8,10-11,15,27,30,32-33H,3-4,9,12-13H2,1H3,(H2,25,28)/t15-/m0/s1. The fraction of sp³-hybridized carbons (Fsp3) is 0.292. The molecule has 1 aromatic heterocycles. The lowest BCUT2D eigenvalue weighted by Crippen LogP contribution is -2.41. The van der Waals surface area contributed by atoms with Gasteiger partial charge in [-0.15, -0.1) is 4.40 Å². The minimum Gasteiger partial charge on any atom is -0.508 e. The second kappa shape index (κ2) is 8.91. The smallest absolute Gasteiger partial charge is 0.254 e. The summed E-state index contributed by atoms with van der Waals surface area (Å²) in [6.07, 6.45) is 1.74. The summed E-state index contributed by atoms with van der Waals surface area (Å²) in [6, 6.07) is 11.8. The first-order valence-electron chi connectivity index (χ1n) is 11.3. The molecule has 1 fully saturated rings. The van der Waals surface area contributed by atoms with Gasteiger partial charge in [-0.1, -0.05) is 6.07 Å². The molecule has 5 rings (SSSR count). The Kier molecular flexibility index (Phi) is 5.91. The Morgan fingerprint density at radius 1 is 1.29 bits per heavy atom. The molecule has 0 spiro atoms. The molecule has 1 atom stereocenters. The number of hydrogen-bond acceptors (Lipinski definition) is 9. The third kappa shape index (κ3) is 4.70. The minimum atomic E-state index is -3.37. The van der Waals surface area contributed by atoms with Crippen LogP contribution in [-0.4, -0.2) is 55.5 Å². The number of nitrogens with one attached hydrogen (secondary N) is 1. The zero-order valence-electron chi connectivity index (χ0n) is 19.1. The summed E-state index contributed by atoms with van der Waals surface area (Å²) in [6.45, 7) is 3.37. The molecule has 3 aromatic rings. The SMILES string of the molecule is Cc1cc(C(=O)N2CCC[C@H](COc3cccc4c3C(N)=NS(O)(O)N4)C2)c2cc(O)ccc2n1. The number of amides is 1. The Morgan fingerprint density at radius 3 is 2.94 bits per heavy atom. The molecule has 1 amide bonds. The molecule has 11 heteroatoms. The number of aryl methyl sites for hydroxylation is 1. The molecule has 2 aliphatic rings. The Labute approximate surface area is 204 Å². The van der Waals surface area contributed by atoms with Crippen LogP contribution >= 0.6 is 11.0 Å². The Balaban J connectivity index is 1.32. The van der Waals surface area contributed by atoms with Crippen LogP contribution in [0.5, 0.6) is 11.5 Å². The van der Waals surface area contributed by atoms with Crippen molar-refractivity contribution < 1.29 is 23.7 Å². The van der Waals surface area contributed by atoms with Crippen molar-refractivity contribution in [3.8, 4) is 11.5 Å². The number of amidine groups is 1. The number of aromatic hydroxyl groups is 1. The van der Waals surface area contributed by atoms with Crippen molar-refractivity contribution in [3.63, 3.8) is 0 Å². The highest BCUT2D eigenvalue weighted by atomic mass is 32.3. The number of anilines is 1. The molecule has 1 saturated heterocycles. The summed E-state index contributed by atoms with van der Waals surface area (Å²) in [7, 11) is -3.37. The fourth-order valence-electron chi connectivity index (χ4n) is 4.64. The first-order valence-corrected chi connectivity index (χ1v) is 12.8. The van der Waals surface area contributed by atoms with Crippen molar-refractivity contribution in [3.05, 3.63) is 59.3 Å². The van der Waals surface area contributed by atoms with Crippen molar-refractivity contribution in [2.24, 2.45) is 16.0 Å². The second-order valence-corrected chi connectivity index (χ2v) is 10.3. The van der Waals surface area contributed by atoms with E-state index in [9.17, 15) is 19.0 Å². The number of benzene rings is 2. The molecular weight excluding hydrogens is 470 g/mol. The highest BCUT2D eigenvalue weighted by Gasteiger charge is 2.28. The van der Waals surface area contributed by atoms with Gasteiger partial charge in [0.15, 0.2) is 5.84 Å². The van der Waals surface area contributed by atoms with Gasteiger partial charge in [0.05, 0.1) is 28.9 Å². The van der Waals surface area contributed by atoms with E-state index in [1.807, 2.05) is 11.8 Å². The van der Waals surface area contributed by atoms with E-state index < -0.39 is 11.0 Å². The lowest BCUT2D eigenvalue weighted by atomic mass is 9.97. The van der Waals surface area contributed by atoms with Gasteiger partial charge < -0.3 is 20.5 Å². The number of aromatic nitrogens is 1. The molecule has 2 aromatic carbocycles. The van der Waals surface area contributed by atoms with Crippen molar-refractivity contribution >= 4 is 39.3 Å². The molecule has 0 radical (unpaired) electrons. The predicted octanol–water partition coefficient (Wildman–Crippen LogP) is 3.89. The van der Waals surface area contributed by atoms with Crippen molar-refractivity contribution in [2.45, 2.75) is 19.8 Å². The number of pyridine rings is 1. The average molecular weight is 498 g/mol. The monoisotopic (exact) mass is 497 g/mol. The second-order valence-electron chi connectivity index (χ2n) is 8.86. The number of phenols is 1. The van der Waals surface area contributed by atoms with Gasteiger partial charge in [-0.25, -0.2) is 0 Å². The van der Waals surface area contributed by atoms with E-state index in [4.69, 9.17) is 10.5 Å². The number of nitrogens with two attached hydrogens (primary N) is 1. The van der Waals surface area contributed by atoms with E-state index in [-0.39, 0.29) is 23.4 Å². The maximum Gasteiger partial charge on any atom is 0.254 e. The van der Waals surface area contributed by atoms with Gasteiger partial charge in [0, 0.05) is 30.1 Å². The first kappa shape index (κ1) is 23.2. The number of carbonyl (C=O) groups is 1. The number of ether oxygens (including phenoxy) is 1. The van der Waals surface area contributed by atoms with Crippen LogP contribution < -0.4 is 15.2 Å². The minimum absolute atomic E-state index is 0.00186. The lowest BCUT2D eigenvalue weighted by molar-refractivity contribution is 0.0635. The maximum atomic E-state index is 13.5. The van der Waals surface area contributed by atoms with Gasteiger partial charge in [0.25, 0.3) is 5.91 Å². The number of fused-ring (bicyclic) bond motifs is 2. The molecule has 0 unspecified atom stereocenters. The summed E-state index contributed by atoms with van der Waals surface area (Å²) in [5.74, 6) is 0.575. The van der Waals surface area contributed by atoms with E-state index >= 15 is 0 Å². The average Bonchev–Trinajstić information content (AvgIpc) is 2.81. The van der Waals surface area contributed by atoms with E-state index in [2.05, 4.69) is 14.1 Å². The number of phenolic OH excluding ortho intramolecular Hbond substituents is 1.